The van der Waals surface area contributed by atoms with Crippen LogP contribution in [0.4, 0.5) is 4.39 Å². The largest absolute Gasteiger partial charge is 0.272 e. The third-order valence-electron chi connectivity index (χ3n) is 2.58. The summed E-state index contributed by atoms with van der Waals surface area (Å²) in [4.78, 5) is 23.6. The van der Waals surface area contributed by atoms with Crippen molar-refractivity contribution in [3.63, 3.8) is 0 Å². The molecule has 4 nitrogen and oxygen atoms in total. The lowest BCUT2D eigenvalue weighted by Gasteiger charge is -2.09. The molecular formula is C14H9Cl2FN2O2. The van der Waals surface area contributed by atoms with Crippen LogP contribution >= 0.6 is 23.2 Å². The molecule has 0 heterocycles. The Morgan fingerprint density at radius 3 is 2.14 bits per heavy atom. The van der Waals surface area contributed by atoms with Crippen molar-refractivity contribution < 1.29 is 14.0 Å². The summed E-state index contributed by atoms with van der Waals surface area (Å²) in [6.07, 6.45) is 0. The van der Waals surface area contributed by atoms with Gasteiger partial charge in [0.15, 0.2) is 0 Å². The lowest BCUT2D eigenvalue weighted by atomic mass is 10.2. The van der Waals surface area contributed by atoms with Crippen molar-refractivity contribution in [2.75, 3.05) is 0 Å². The predicted octanol–water partition coefficient (Wildman–Crippen LogP) is 3.21. The molecule has 0 radical (unpaired) electrons. The highest BCUT2D eigenvalue weighted by molar-refractivity contribution is 6.33. The van der Waals surface area contributed by atoms with Gasteiger partial charge in [-0.2, -0.15) is 0 Å². The van der Waals surface area contributed by atoms with E-state index in [1.807, 2.05) is 0 Å². The summed E-state index contributed by atoms with van der Waals surface area (Å²) in [6, 6.07) is 9.92. The zero-order valence-electron chi connectivity index (χ0n) is 10.5. The Morgan fingerprint density at radius 1 is 0.905 bits per heavy atom. The molecule has 21 heavy (non-hydrogen) atoms. The van der Waals surface area contributed by atoms with Crippen LogP contribution in [0.25, 0.3) is 0 Å². The highest BCUT2D eigenvalue weighted by Crippen LogP contribution is 2.15. The summed E-state index contributed by atoms with van der Waals surface area (Å²) < 4.78 is 13.5. The van der Waals surface area contributed by atoms with Crippen molar-refractivity contribution in [3.05, 3.63) is 69.5 Å². The standard InChI is InChI=1S/C14H9Cl2FN2O2/c15-8-5-6-10(12(17)7-8)14(21)19-18-13(20)9-3-1-2-4-11(9)16/h1-7H,(H,18,20)(H,19,21). The van der Waals surface area contributed by atoms with Gasteiger partial charge in [-0.15, -0.1) is 0 Å². The molecule has 0 saturated heterocycles. The van der Waals surface area contributed by atoms with E-state index in [2.05, 4.69) is 10.9 Å². The molecule has 7 heteroatoms. The van der Waals surface area contributed by atoms with E-state index in [0.717, 1.165) is 6.07 Å². The highest BCUT2D eigenvalue weighted by atomic mass is 35.5. The Bertz CT molecular complexity index is 707. The molecule has 0 aliphatic rings. The number of benzene rings is 2. The van der Waals surface area contributed by atoms with Crippen molar-refractivity contribution in [2.24, 2.45) is 0 Å². The van der Waals surface area contributed by atoms with E-state index in [9.17, 15) is 14.0 Å². The van der Waals surface area contributed by atoms with Crippen LogP contribution in [-0.4, -0.2) is 11.8 Å². The normalized spacial score (nSPS) is 10.0. The molecule has 0 atom stereocenters. The van der Waals surface area contributed by atoms with Gasteiger partial charge < -0.3 is 0 Å². The Kier molecular flexibility index (Phi) is 4.77. The number of carbonyl (C=O) groups excluding carboxylic acids is 2. The van der Waals surface area contributed by atoms with Crippen molar-refractivity contribution in [1.29, 1.82) is 0 Å². The maximum absolute atomic E-state index is 13.5. The molecule has 2 aromatic carbocycles. The first kappa shape index (κ1) is 15.3. The first-order valence-corrected chi connectivity index (χ1v) is 6.55. The van der Waals surface area contributed by atoms with Crippen molar-refractivity contribution in [2.45, 2.75) is 0 Å². The smallest absolute Gasteiger partial charge is 0.267 e. The molecule has 2 amide bonds. The van der Waals surface area contributed by atoms with E-state index in [0.29, 0.717) is 0 Å². The number of amides is 2. The van der Waals surface area contributed by atoms with Crippen molar-refractivity contribution >= 4 is 35.0 Å². The summed E-state index contributed by atoms with van der Waals surface area (Å²) in [6.45, 7) is 0. The molecule has 0 unspecified atom stereocenters. The third kappa shape index (κ3) is 3.71. The molecule has 2 rings (SSSR count). The maximum atomic E-state index is 13.5. The Labute approximate surface area is 129 Å². The van der Waals surface area contributed by atoms with E-state index in [1.165, 1.54) is 24.3 Å². The first-order chi connectivity index (χ1) is 9.99. The summed E-state index contributed by atoms with van der Waals surface area (Å²) in [7, 11) is 0. The molecule has 2 aromatic rings. The van der Waals surface area contributed by atoms with Crippen LogP contribution in [0, 0.1) is 5.82 Å². The van der Waals surface area contributed by atoms with Gasteiger partial charge in [-0.3, -0.25) is 20.4 Å². The second-order valence-electron chi connectivity index (χ2n) is 4.01. The highest BCUT2D eigenvalue weighted by Gasteiger charge is 2.14. The predicted molar refractivity (Wildman–Crippen MR) is 77.8 cm³/mol. The van der Waals surface area contributed by atoms with Gasteiger partial charge >= 0.3 is 0 Å². The minimum atomic E-state index is -0.801. The average Bonchev–Trinajstić information content (AvgIpc) is 2.45. The van der Waals surface area contributed by atoms with Crippen LogP contribution < -0.4 is 10.9 Å². The van der Waals surface area contributed by atoms with Gasteiger partial charge in [0, 0.05) is 5.02 Å². The lowest BCUT2D eigenvalue weighted by Crippen LogP contribution is -2.42. The Balaban J connectivity index is 2.04. The fraction of sp³-hybridized carbons (Fsp3) is 0. The van der Waals surface area contributed by atoms with Crippen LogP contribution in [0.15, 0.2) is 42.5 Å². The number of hydrogen-bond acceptors (Lipinski definition) is 2. The summed E-state index contributed by atoms with van der Waals surface area (Å²) >= 11 is 11.4. The molecule has 108 valence electrons. The van der Waals surface area contributed by atoms with Crippen molar-refractivity contribution in [1.82, 2.24) is 10.9 Å². The second-order valence-corrected chi connectivity index (χ2v) is 4.86. The van der Waals surface area contributed by atoms with E-state index >= 15 is 0 Å². The van der Waals surface area contributed by atoms with E-state index in [1.54, 1.807) is 12.1 Å². The SMILES string of the molecule is O=C(NNC(=O)c1ccccc1Cl)c1ccc(Cl)cc1F. The number of hydrazine groups is 1. The van der Waals surface area contributed by atoms with Gasteiger partial charge in [-0.05, 0) is 30.3 Å². The molecule has 2 N–H and O–H groups in total. The monoisotopic (exact) mass is 326 g/mol. The Morgan fingerprint density at radius 2 is 1.52 bits per heavy atom. The number of rotatable bonds is 2. The van der Waals surface area contributed by atoms with E-state index in [4.69, 9.17) is 23.2 Å². The van der Waals surface area contributed by atoms with Crippen LogP contribution in [-0.2, 0) is 0 Å². The molecule has 0 fully saturated rings. The van der Waals surface area contributed by atoms with Crippen LogP contribution in [0.1, 0.15) is 20.7 Å². The lowest BCUT2D eigenvalue weighted by molar-refractivity contribution is 0.0844. The molecule has 0 aromatic heterocycles. The minimum Gasteiger partial charge on any atom is -0.267 e. The number of halogens is 3. The van der Waals surface area contributed by atoms with Crippen LogP contribution in [0.3, 0.4) is 0 Å². The molecule has 0 aliphatic heterocycles. The molecular weight excluding hydrogens is 318 g/mol. The zero-order valence-corrected chi connectivity index (χ0v) is 12.0. The fourth-order valence-electron chi connectivity index (χ4n) is 1.57. The van der Waals surface area contributed by atoms with Gasteiger partial charge in [-0.25, -0.2) is 4.39 Å². The summed E-state index contributed by atoms with van der Waals surface area (Å²) in [5.74, 6) is -2.19. The third-order valence-corrected chi connectivity index (χ3v) is 3.15. The van der Waals surface area contributed by atoms with Gasteiger partial charge in [0.2, 0.25) is 0 Å². The van der Waals surface area contributed by atoms with Crippen molar-refractivity contribution in [3.8, 4) is 0 Å². The van der Waals surface area contributed by atoms with Gasteiger partial charge in [0.25, 0.3) is 11.8 Å². The zero-order chi connectivity index (χ0) is 15.4. The van der Waals surface area contributed by atoms with Crippen LogP contribution in [0.2, 0.25) is 10.0 Å². The van der Waals surface area contributed by atoms with Crippen LogP contribution in [0.5, 0.6) is 0 Å². The molecule has 0 bridgehead atoms. The van der Waals surface area contributed by atoms with Gasteiger partial charge in [0.1, 0.15) is 5.82 Å². The minimum absolute atomic E-state index is 0.171. The van der Waals surface area contributed by atoms with Gasteiger partial charge in [0.05, 0.1) is 16.1 Å². The average molecular weight is 327 g/mol. The first-order valence-electron chi connectivity index (χ1n) is 5.79. The number of carbonyl (C=O) groups is 2. The number of hydrogen-bond donors (Lipinski definition) is 2. The fourth-order valence-corrected chi connectivity index (χ4v) is 1.95. The van der Waals surface area contributed by atoms with Gasteiger partial charge in [-0.1, -0.05) is 35.3 Å². The second kappa shape index (κ2) is 6.56. The molecule has 0 spiro atoms. The summed E-state index contributed by atoms with van der Waals surface area (Å²) in [5, 5.41) is 0.408. The molecule has 0 aliphatic carbocycles. The van der Waals surface area contributed by atoms with E-state index < -0.39 is 17.6 Å². The molecule has 0 saturated carbocycles. The quantitative estimate of drug-likeness (QED) is 0.832. The Hall–Kier alpha value is -2.11. The van der Waals surface area contributed by atoms with E-state index in [-0.39, 0.29) is 21.2 Å². The maximum Gasteiger partial charge on any atom is 0.272 e. The topological polar surface area (TPSA) is 58.2 Å². The number of nitrogens with one attached hydrogen (secondary N) is 2. The summed E-state index contributed by atoms with van der Waals surface area (Å²) in [5.41, 5.74) is 4.22.